The molecule has 1 aromatic carbocycles. The molecule has 1 heterocycles. The van der Waals surface area contributed by atoms with Crippen LogP contribution in [0.25, 0.3) is 11.3 Å². The van der Waals surface area contributed by atoms with Crippen molar-refractivity contribution in [1.29, 1.82) is 0 Å². The van der Waals surface area contributed by atoms with Crippen molar-refractivity contribution in [3.8, 4) is 11.3 Å². The summed E-state index contributed by atoms with van der Waals surface area (Å²) in [5.41, 5.74) is 6.36. The van der Waals surface area contributed by atoms with E-state index in [0.29, 0.717) is 17.8 Å². The predicted molar refractivity (Wildman–Crippen MR) is 70.5 cm³/mol. The van der Waals surface area contributed by atoms with E-state index in [1.807, 2.05) is 6.92 Å². The molecule has 5 heteroatoms. The minimum atomic E-state index is -0.649. The number of nitrogens with two attached hydrogens (primary N) is 1. The van der Waals surface area contributed by atoms with E-state index < -0.39 is 11.6 Å². The zero-order valence-corrected chi connectivity index (χ0v) is 10.9. The lowest BCUT2D eigenvalue weighted by Crippen LogP contribution is -2.06. The van der Waals surface area contributed by atoms with E-state index in [2.05, 4.69) is 9.97 Å². The average molecular weight is 263 g/mol. The molecule has 19 heavy (non-hydrogen) atoms. The Morgan fingerprint density at radius 3 is 2.37 bits per heavy atom. The summed E-state index contributed by atoms with van der Waals surface area (Å²) >= 11 is 0. The van der Waals surface area contributed by atoms with Crippen molar-refractivity contribution in [3.63, 3.8) is 0 Å². The van der Waals surface area contributed by atoms with Crippen molar-refractivity contribution >= 4 is 5.82 Å². The van der Waals surface area contributed by atoms with Crippen LogP contribution in [0.4, 0.5) is 14.6 Å². The molecular formula is C14H15F2N3. The van der Waals surface area contributed by atoms with Gasteiger partial charge in [0.05, 0.1) is 11.3 Å². The Morgan fingerprint density at radius 1 is 1.16 bits per heavy atom. The number of anilines is 1. The van der Waals surface area contributed by atoms with Crippen LogP contribution in [0.1, 0.15) is 24.7 Å². The number of nitrogens with zero attached hydrogens (tertiary/aromatic N) is 2. The molecule has 0 atom stereocenters. The summed E-state index contributed by atoms with van der Waals surface area (Å²) in [6.45, 7) is 3.63. The maximum absolute atomic E-state index is 13.8. The fourth-order valence-corrected chi connectivity index (χ4v) is 1.88. The monoisotopic (exact) mass is 263 g/mol. The van der Waals surface area contributed by atoms with Crippen LogP contribution in [0.2, 0.25) is 0 Å². The van der Waals surface area contributed by atoms with Gasteiger partial charge in [-0.3, -0.25) is 0 Å². The van der Waals surface area contributed by atoms with Gasteiger partial charge in [0.15, 0.2) is 0 Å². The molecule has 0 unspecified atom stereocenters. The second-order valence-corrected chi connectivity index (χ2v) is 4.35. The number of hydrogen-bond acceptors (Lipinski definition) is 3. The molecule has 0 amide bonds. The zero-order valence-electron chi connectivity index (χ0n) is 10.9. The van der Waals surface area contributed by atoms with Gasteiger partial charge in [0.1, 0.15) is 23.3 Å². The number of halogens is 2. The number of rotatable bonds is 3. The first-order chi connectivity index (χ1) is 9.04. The van der Waals surface area contributed by atoms with Crippen LogP contribution in [-0.4, -0.2) is 9.97 Å². The zero-order chi connectivity index (χ0) is 14.0. The van der Waals surface area contributed by atoms with Crippen LogP contribution >= 0.6 is 0 Å². The van der Waals surface area contributed by atoms with Gasteiger partial charge in [0.2, 0.25) is 0 Å². The lowest BCUT2D eigenvalue weighted by Gasteiger charge is -2.11. The normalized spacial score (nSPS) is 10.7. The highest BCUT2D eigenvalue weighted by Gasteiger charge is 2.17. The first kappa shape index (κ1) is 13.4. The van der Waals surface area contributed by atoms with Crippen molar-refractivity contribution in [2.24, 2.45) is 0 Å². The Hall–Kier alpha value is -2.04. The molecule has 2 aromatic rings. The molecule has 100 valence electrons. The van der Waals surface area contributed by atoms with Crippen LogP contribution in [0.5, 0.6) is 0 Å². The summed E-state index contributed by atoms with van der Waals surface area (Å²) in [7, 11) is 0. The number of hydrogen-bond donors (Lipinski definition) is 1. The molecule has 2 rings (SSSR count). The van der Waals surface area contributed by atoms with Gasteiger partial charge in [-0.2, -0.15) is 0 Å². The SMILES string of the molecule is CCCc1nc(N)c(C)c(-c2c(F)cccc2F)n1. The number of aromatic nitrogens is 2. The second-order valence-electron chi connectivity index (χ2n) is 4.35. The molecule has 0 radical (unpaired) electrons. The Bertz CT molecular complexity index is 592. The summed E-state index contributed by atoms with van der Waals surface area (Å²) in [5.74, 6) is -0.536. The summed E-state index contributed by atoms with van der Waals surface area (Å²) in [4.78, 5) is 8.37. The molecule has 1 aromatic heterocycles. The lowest BCUT2D eigenvalue weighted by atomic mass is 10.1. The number of benzene rings is 1. The van der Waals surface area contributed by atoms with Crippen LogP contribution in [-0.2, 0) is 6.42 Å². The van der Waals surface area contributed by atoms with Gasteiger partial charge in [-0.15, -0.1) is 0 Å². The van der Waals surface area contributed by atoms with Gasteiger partial charge < -0.3 is 5.73 Å². The molecular weight excluding hydrogens is 248 g/mol. The number of aryl methyl sites for hydroxylation is 1. The topological polar surface area (TPSA) is 51.8 Å². The highest BCUT2D eigenvalue weighted by atomic mass is 19.1. The minimum Gasteiger partial charge on any atom is -0.383 e. The average Bonchev–Trinajstić information content (AvgIpc) is 2.35. The first-order valence-corrected chi connectivity index (χ1v) is 6.12. The highest BCUT2D eigenvalue weighted by Crippen LogP contribution is 2.29. The summed E-state index contributed by atoms with van der Waals surface area (Å²) in [6, 6.07) is 3.73. The van der Waals surface area contributed by atoms with Gasteiger partial charge in [-0.05, 0) is 25.5 Å². The number of nitrogen functional groups attached to an aromatic ring is 1. The Morgan fingerprint density at radius 2 is 1.79 bits per heavy atom. The van der Waals surface area contributed by atoms with Gasteiger partial charge in [-0.25, -0.2) is 18.7 Å². The van der Waals surface area contributed by atoms with Gasteiger partial charge in [-0.1, -0.05) is 13.0 Å². The Kier molecular flexibility index (Phi) is 3.74. The second kappa shape index (κ2) is 5.30. The molecule has 3 nitrogen and oxygen atoms in total. The Balaban J connectivity index is 2.67. The summed E-state index contributed by atoms with van der Waals surface area (Å²) in [5, 5.41) is 0. The van der Waals surface area contributed by atoms with E-state index in [0.717, 1.165) is 6.42 Å². The molecule has 0 fully saturated rings. The van der Waals surface area contributed by atoms with E-state index >= 15 is 0 Å². The lowest BCUT2D eigenvalue weighted by molar-refractivity contribution is 0.588. The summed E-state index contributed by atoms with van der Waals surface area (Å²) in [6.07, 6.45) is 1.45. The van der Waals surface area contributed by atoms with Gasteiger partial charge in [0.25, 0.3) is 0 Å². The van der Waals surface area contributed by atoms with Gasteiger partial charge in [0, 0.05) is 12.0 Å². The van der Waals surface area contributed by atoms with Crippen molar-refractivity contribution in [2.75, 3.05) is 5.73 Å². The molecule has 0 saturated heterocycles. The predicted octanol–water partition coefficient (Wildman–Crippen LogP) is 3.26. The third-order valence-corrected chi connectivity index (χ3v) is 2.90. The first-order valence-electron chi connectivity index (χ1n) is 6.12. The molecule has 0 aliphatic carbocycles. The highest BCUT2D eigenvalue weighted by molar-refractivity contribution is 5.68. The van der Waals surface area contributed by atoms with Gasteiger partial charge >= 0.3 is 0 Å². The maximum atomic E-state index is 13.8. The Labute approximate surface area is 110 Å². The fraction of sp³-hybridized carbons (Fsp3) is 0.286. The molecule has 0 aliphatic heterocycles. The van der Waals surface area contributed by atoms with Crippen molar-refractivity contribution in [2.45, 2.75) is 26.7 Å². The van der Waals surface area contributed by atoms with E-state index in [-0.39, 0.29) is 17.1 Å². The molecule has 0 saturated carbocycles. The molecule has 0 bridgehead atoms. The maximum Gasteiger partial charge on any atom is 0.135 e. The van der Waals surface area contributed by atoms with Crippen LogP contribution in [0, 0.1) is 18.6 Å². The molecule has 0 aliphatic rings. The molecule has 2 N–H and O–H groups in total. The van der Waals surface area contributed by atoms with E-state index in [1.54, 1.807) is 6.92 Å². The quantitative estimate of drug-likeness (QED) is 0.924. The van der Waals surface area contributed by atoms with E-state index in [9.17, 15) is 8.78 Å². The van der Waals surface area contributed by atoms with Crippen molar-refractivity contribution < 1.29 is 8.78 Å². The van der Waals surface area contributed by atoms with E-state index in [1.165, 1.54) is 18.2 Å². The largest absolute Gasteiger partial charge is 0.383 e. The van der Waals surface area contributed by atoms with Crippen LogP contribution in [0.15, 0.2) is 18.2 Å². The van der Waals surface area contributed by atoms with Crippen molar-refractivity contribution in [3.05, 3.63) is 41.2 Å². The smallest absolute Gasteiger partial charge is 0.135 e. The van der Waals surface area contributed by atoms with Crippen molar-refractivity contribution in [1.82, 2.24) is 9.97 Å². The van der Waals surface area contributed by atoms with Crippen LogP contribution < -0.4 is 5.73 Å². The van der Waals surface area contributed by atoms with E-state index in [4.69, 9.17) is 5.73 Å². The third kappa shape index (κ3) is 2.54. The minimum absolute atomic E-state index is 0.147. The van der Waals surface area contributed by atoms with Crippen LogP contribution in [0.3, 0.4) is 0 Å². The molecule has 0 spiro atoms. The summed E-state index contributed by atoms with van der Waals surface area (Å²) < 4.78 is 27.6. The third-order valence-electron chi connectivity index (χ3n) is 2.90. The standard InChI is InChI=1S/C14H15F2N3/c1-3-5-11-18-13(8(2)14(17)19-11)12-9(15)6-4-7-10(12)16/h4,6-7H,3,5H2,1-2H3,(H2,17,18,19). The fourth-order valence-electron chi connectivity index (χ4n) is 1.88.